The predicted molar refractivity (Wildman–Crippen MR) is 122 cm³/mol. The molecule has 164 valence electrons. The first-order chi connectivity index (χ1) is 15.2. The zero-order valence-electron chi connectivity index (χ0n) is 18.1. The summed E-state index contributed by atoms with van der Waals surface area (Å²) in [6.07, 6.45) is 11.5. The van der Waals surface area contributed by atoms with Gasteiger partial charge in [-0.3, -0.25) is 0 Å². The molecular formula is C26H30FNO3. The Morgan fingerprint density at radius 2 is 1.61 bits per heavy atom. The van der Waals surface area contributed by atoms with E-state index in [4.69, 9.17) is 9.47 Å². The van der Waals surface area contributed by atoms with Gasteiger partial charge in [-0.15, -0.1) is 0 Å². The van der Waals surface area contributed by atoms with Gasteiger partial charge in [0.05, 0.1) is 6.61 Å². The summed E-state index contributed by atoms with van der Waals surface area (Å²) in [5.74, 6) is -0.0151. The van der Waals surface area contributed by atoms with Crippen LogP contribution in [0.3, 0.4) is 0 Å². The zero-order valence-corrected chi connectivity index (χ0v) is 18.1. The van der Waals surface area contributed by atoms with Crippen LogP contribution in [-0.2, 0) is 9.53 Å². The van der Waals surface area contributed by atoms with Gasteiger partial charge in [0.1, 0.15) is 11.6 Å². The minimum atomic E-state index is -0.590. The van der Waals surface area contributed by atoms with Gasteiger partial charge < -0.3 is 9.47 Å². The van der Waals surface area contributed by atoms with E-state index in [0.29, 0.717) is 17.7 Å². The van der Waals surface area contributed by atoms with E-state index in [1.54, 1.807) is 30.3 Å². The molecule has 0 amide bonds. The summed E-state index contributed by atoms with van der Waals surface area (Å²) in [5.41, 5.74) is 1.05. The third-order valence-corrected chi connectivity index (χ3v) is 5.19. The highest BCUT2D eigenvalue weighted by Crippen LogP contribution is 2.22. The lowest BCUT2D eigenvalue weighted by Gasteiger charge is -2.07. The predicted octanol–water partition coefficient (Wildman–Crippen LogP) is 6.69. The molecule has 1 heterocycles. The number of aliphatic imine (C=N–C) groups is 1. The van der Waals surface area contributed by atoms with Crippen LogP contribution in [0.4, 0.5) is 4.39 Å². The molecule has 0 spiro atoms. The molecule has 1 aliphatic heterocycles. The monoisotopic (exact) mass is 423 g/mol. The first kappa shape index (κ1) is 22.7. The van der Waals surface area contributed by atoms with Gasteiger partial charge >= 0.3 is 5.97 Å². The SMILES string of the molecule is CCCCCCCCCCOc1ccc(C2=N/C(=C\c3ccccc3F)C(=O)O2)cc1. The van der Waals surface area contributed by atoms with Crippen molar-refractivity contribution in [3.63, 3.8) is 0 Å². The van der Waals surface area contributed by atoms with Crippen molar-refractivity contribution in [2.24, 2.45) is 4.99 Å². The van der Waals surface area contributed by atoms with Crippen molar-refractivity contribution in [3.05, 3.63) is 71.2 Å². The number of unbranched alkanes of at least 4 members (excludes halogenated alkanes) is 7. The first-order valence-corrected chi connectivity index (χ1v) is 11.2. The molecule has 0 radical (unpaired) electrons. The molecule has 5 heteroatoms. The second-order valence-corrected chi connectivity index (χ2v) is 7.71. The zero-order chi connectivity index (χ0) is 21.9. The maximum Gasteiger partial charge on any atom is 0.363 e. The molecule has 0 atom stereocenters. The van der Waals surface area contributed by atoms with Gasteiger partial charge in [-0.1, -0.05) is 70.1 Å². The Hall–Kier alpha value is -2.95. The standard InChI is InChI=1S/C26H30FNO3/c1-2-3-4-5-6-7-8-11-18-30-22-16-14-20(15-17-22)25-28-24(26(29)31-25)19-21-12-9-10-13-23(21)27/h9-10,12-17,19H,2-8,11,18H2,1H3/b24-19-. The van der Waals surface area contributed by atoms with Gasteiger partial charge in [-0.2, -0.15) is 0 Å². The Balaban J connectivity index is 1.47. The highest BCUT2D eigenvalue weighted by Gasteiger charge is 2.24. The number of esters is 1. The lowest BCUT2D eigenvalue weighted by atomic mass is 10.1. The molecule has 0 fully saturated rings. The first-order valence-electron chi connectivity index (χ1n) is 11.2. The summed E-state index contributed by atoms with van der Waals surface area (Å²) in [7, 11) is 0. The van der Waals surface area contributed by atoms with Crippen molar-refractivity contribution in [2.75, 3.05) is 6.61 Å². The summed E-state index contributed by atoms with van der Waals surface area (Å²) in [5, 5.41) is 0. The average molecular weight is 424 g/mol. The second kappa shape index (κ2) is 12.0. The quantitative estimate of drug-likeness (QED) is 0.217. The highest BCUT2D eigenvalue weighted by molar-refractivity contribution is 6.12. The number of benzene rings is 2. The van der Waals surface area contributed by atoms with Gasteiger partial charge in [0.25, 0.3) is 0 Å². The van der Waals surface area contributed by atoms with Crippen molar-refractivity contribution in [1.82, 2.24) is 0 Å². The number of hydrogen-bond acceptors (Lipinski definition) is 4. The van der Waals surface area contributed by atoms with E-state index in [9.17, 15) is 9.18 Å². The minimum absolute atomic E-state index is 0.0788. The molecule has 0 bridgehead atoms. The summed E-state index contributed by atoms with van der Waals surface area (Å²) in [4.78, 5) is 16.3. The Bertz CT molecular complexity index is 919. The molecule has 2 aromatic rings. The summed E-state index contributed by atoms with van der Waals surface area (Å²) in [6, 6.07) is 13.5. The van der Waals surface area contributed by atoms with E-state index in [1.165, 1.54) is 57.1 Å². The third kappa shape index (κ3) is 7.06. The van der Waals surface area contributed by atoms with Crippen LogP contribution in [0.2, 0.25) is 0 Å². The average Bonchev–Trinajstić information content (AvgIpc) is 3.15. The number of nitrogens with zero attached hydrogens (tertiary/aromatic N) is 1. The molecule has 3 rings (SSSR count). The minimum Gasteiger partial charge on any atom is -0.494 e. The molecule has 0 saturated heterocycles. The van der Waals surface area contributed by atoms with Crippen molar-refractivity contribution in [2.45, 2.75) is 58.3 Å². The molecule has 0 aromatic heterocycles. The number of rotatable bonds is 12. The normalized spacial score (nSPS) is 14.6. The highest BCUT2D eigenvalue weighted by atomic mass is 19.1. The Kier molecular flexibility index (Phi) is 8.83. The smallest absolute Gasteiger partial charge is 0.363 e. The maximum absolute atomic E-state index is 13.8. The number of carbonyl (C=O) groups is 1. The van der Waals surface area contributed by atoms with Crippen LogP contribution < -0.4 is 4.74 Å². The van der Waals surface area contributed by atoms with Crippen molar-refractivity contribution >= 4 is 17.9 Å². The molecule has 0 N–H and O–H groups in total. The van der Waals surface area contributed by atoms with Crippen LogP contribution in [0.1, 0.15) is 69.4 Å². The van der Waals surface area contributed by atoms with Crippen LogP contribution in [0.25, 0.3) is 6.08 Å². The fraction of sp³-hybridized carbons (Fsp3) is 0.385. The van der Waals surface area contributed by atoms with Crippen LogP contribution in [-0.4, -0.2) is 18.5 Å². The van der Waals surface area contributed by atoms with Gasteiger partial charge in [-0.25, -0.2) is 14.2 Å². The molecule has 1 aliphatic rings. The van der Waals surface area contributed by atoms with Gasteiger partial charge in [0.2, 0.25) is 5.90 Å². The number of carbonyl (C=O) groups excluding carboxylic acids is 1. The molecule has 0 saturated carbocycles. The van der Waals surface area contributed by atoms with Crippen molar-refractivity contribution < 1.29 is 18.7 Å². The maximum atomic E-state index is 13.8. The second-order valence-electron chi connectivity index (χ2n) is 7.71. The van der Waals surface area contributed by atoms with Gasteiger partial charge in [0, 0.05) is 11.1 Å². The Morgan fingerprint density at radius 1 is 0.935 bits per heavy atom. The number of ether oxygens (including phenoxy) is 2. The largest absolute Gasteiger partial charge is 0.494 e. The van der Waals surface area contributed by atoms with E-state index in [-0.39, 0.29) is 11.6 Å². The van der Waals surface area contributed by atoms with Crippen molar-refractivity contribution in [1.29, 1.82) is 0 Å². The van der Waals surface area contributed by atoms with Gasteiger partial charge in [0.15, 0.2) is 5.70 Å². The van der Waals surface area contributed by atoms with E-state index < -0.39 is 11.8 Å². The summed E-state index contributed by atoms with van der Waals surface area (Å²) >= 11 is 0. The summed E-state index contributed by atoms with van der Waals surface area (Å²) < 4.78 is 24.9. The number of cyclic esters (lactones) is 1. The molecule has 31 heavy (non-hydrogen) atoms. The van der Waals surface area contributed by atoms with Crippen LogP contribution >= 0.6 is 0 Å². The molecule has 2 aromatic carbocycles. The fourth-order valence-electron chi connectivity index (χ4n) is 3.39. The van der Waals surface area contributed by atoms with E-state index in [1.807, 2.05) is 12.1 Å². The van der Waals surface area contributed by atoms with E-state index in [0.717, 1.165) is 12.2 Å². The third-order valence-electron chi connectivity index (χ3n) is 5.19. The molecule has 4 nitrogen and oxygen atoms in total. The lowest BCUT2D eigenvalue weighted by Crippen LogP contribution is -2.05. The number of hydrogen-bond donors (Lipinski definition) is 0. The van der Waals surface area contributed by atoms with Crippen molar-refractivity contribution in [3.8, 4) is 5.75 Å². The number of halogens is 1. The van der Waals surface area contributed by atoms with Crippen LogP contribution in [0, 0.1) is 5.82 Å². The molecule has 0 unspecified atom stereocenters. The molecular weight excluding hydrogens is 393 g/mol. The Morgan fingerprint density at radius 3 is 2.32 bits per heavy atom. The van der Waals surface area contributed by atoms with E-state index >= 15 is 0 Å². The Labute approximate surface area is 183 Å². The van der Waals surface area contributed by atoms with E-state index in [2.05, 4.69) is 11.9 Å². The van der Waals surface area contributed by atoms with Gasteiger partial charge in [-0.05, 0) is 42.8 Å². The molecule has 0 aliphatic carbocycles. The fourth-order valence-corrected chi connectivity index (χ4v) is 3.39. The summed E-state index contributed by atoms with van der Waals surface area (Å²) in [6.45, 7) is 2.93. The van der Waals surface area contributed by atoms with Crippen LogP contribution in [0.5, 0.6) is 5.75 Å². The van der Waals surface area contributed by atoms with Crippen LogP contribution in [0.15, 0.2) is 59.2 Å². The lowest BCUT2D eigenvalue weighted by molar-refractivity contribution is -0.129. The topological polar surface area (TPSA) is 47.9 Å².